The van der Waals surface area contributed by atoms with Crippen LogP contribution >= 0.6 is 0 Å². The molecule has 1 heterocycles. The van der Waals surface area contributed by atoms with Crippen LogP contribution in [0, 0.1) is 0 Å². The summed E-state index contributed by atoms with van der Waals surface area (Å²) in [5, 5.41) is 0. The third kappa shape index (κ3) is 2.66. The van der Waals surface area contributed by atoms with Gasteiger partial charge in [0.2, 0.25) is 0 Å². The molecule has 2 N–H and O–H groups in total. The van der Waals surface area contributed by atoms with E-state index < -0.39 is 0 Å². The number of ether oxygens (including phenoxy) is 1. The standard InChI is InChI=1S/C14H14N2O2/c1-2-18-14(17)11-5-3-4-10(8-11)13-7-6-12(15)9-16-13/h3-9H,2,15H2,1H3. The van der Waals surface area contributed by atoms with Crippen LogP contribution in [-0.4, -0.2) is 17.6 Å². The van der Waals surface area contributed by atoms with Crippen LogP contribution in [0.2, 0.25) is 0 Å². The molecule has 0 atom stereocenters. The molecule has 18 heavy (non-hydrogen) atoms. The maximum Gasteiger partial charge on any atom is 0.338 e. The molecule has 0 radical (unpaired) electrons. The highest BCUT2D eigenvalue weighted by atomic mass is 16.5. The van der Waals surface area contributed by atoms with Gasteiger partial charge in [0, 0.05) is 5.56 Å². The van der Waals surface area contributed by atoms with E-state index in [0.717, 1.165) is 11.3 Å². The third-order valence-corrected chi connectivity index (χ3v) is 2.46. The van der Waals surface area contributed by atoms with Crippen LogP contribution in [-0.2, 0) is 4.74 Å². The second-order valence-electron chi connectivity index (χ2n) is 3.78. The summed E-state index contributed by atoms with van der Waals surface area (Å²) >= 11 is 0. The topological polar surface area (TPSA) is 65.2 Å². The van der Waals surface area contributed by atoms with Crippen LogP contribution in [0.5, 0.6) is 0 Å². The number of carbonyl (C=O) groups is 1. The highest BCUT2D eigenvalue weighted by molar-refractivity contribution is 5.90. The predicted octanol–water partition coefficient (Wildman–Crippen LogP) is 2.51. The molecule has 0 aliphatic carbocycles. The molecule has 0 spiro atoms. The van der Waals surface area contributed by atoms with E-state index in [9.17, 15) is 4.79 Å². The molecule has 2 aromatic rings. The summed E-state index contributed by atoms with van der Waals surface area (Å²) < 4.78 is 4.96. The van der Waals surface area contributed by atoms with Crippen LogP contribution in [0.3, 0.4) is 0 Å². The van der Waals surface area contributed by atoms with Crippen molar-refractivity contribution < 1.29 is 9.53 Å². The van der Waals surface area contributed by atoms with Crippen LogP contribution in [0.15, 0.2) is 42.6 Å². The van der Waals surface area contributed by atoms with Crippen molar-refractivity contribution in [3.63, 3.8) is 0 Å². The number of nitrogens with zero attached hydrogens (tertiary/aromatic N) is 1. The molecule has 0 fully saturated rings. The molecule has 1 aromatic heterocycles. The number of anilines is 1. The molecule has 0 saturated heterocycles. The monoisotopic (exact) mass is 242 g/mol. The summed E-state index contributed by atoms with van der Waals surface area (Å²) in [6, 6.07) is 10.8. The van der Waals surface area contributed by atoms with Crippen molar-refractivity contribution in [2.75, 3.05) is 12.3 Å². The molecule has 4 heteroatoms. The predicted molar refractivity (Wildman–Crippen MR) is 70.0 cm³/mol. The minimum atomic E-state index is -0.324. The second kappa shape index (κ2) is 5.31. The molecular weight excluding hydrogens is 228 g/mol. The fourth-order valence-electron chi connectivity index (χ4n) is 1.60. The van der Waals surface area contributed by atoms with E-state index >= 15 is 0 Å². The van der Waals surface area contributed by atoms with Crippen LogP contribution in [0.1, 0.15) is 17.3 Å². The summed E-state index contributed by atoms with van der Waals surface area (Å²) in [6.07, 6.45) is 1.59. The van der Waals surface area contributed by atoms with E-state index in [1.165, 1.54) is 0 Å². The number of rotatable bonds is 3. The van der Waals surface area contributed by atoms with Gasteiger partial charge in [0.25, 0.3) is 0 Å². The normalized spacial score (nSPS) is 10.1. The van der Waals surface area contributed by atoms with E-state index in [1.807, 2.05) is 12.1 Å². The summed E-state index contributed by atoms with van der Waals surface area (Å²) in [4.78, 5) is 15.8. The van der Waals surface area contributed by atoms with Crippen LogP contribution in [0.4, 0.5) is 5.69 Å². The van der Waals surface area contributed by atoms with Crippen molar-refractivity contribution in [1.29, 1.82) is 0 Å². The number of pyridine rings is 1. The Balaban J connectivity index is 2.32. The summed E-state index contributed by atoms with van der Waals surface area (Å²) in [6.45, 7) is 2.15. The van der Waals surface area contributed by atoms with Gasteiger partial charge in [-0.2, -0.15) is 0 Å². The number of esters is 1. The molecule has 92 valence electrons. The quantitative estimate of drug-likeness (QED) is 0.840. The summed E-state index contributed by atoms with van der Waals surface area (Å²) in [5.41, 5.74) is 8.35. The highest BCUT2D eigenvalue weighted by Gasteiger charge is 2.08. The zero-order valence-corrected chi connectivity index (χ0v) is 10.1. The Labute approximate surface area is 105 Å². The maximum atomic E-state index is 11.6. The van der Waals surface area contributed by atoms with Gasteiger partial charge in [-0.05, 0) is 31.2 Å². The number of nitrogens with two attached hydrogens (primary N) is 1. The lowest BCUT2D eigenvalue weighted by atomic mass is 10.1. The molecule has 0 amide bonds. The Bertz CT molecular complexity index is 550. The first-order chi connectivity index (χ1) is 8.70. The zero-order valence-electron chi connectivity index (χ0n) is 10.1. The zero-order chi connectivity index (χ0) is 13.0. The van der Waals surface area contributed by atoms with Gasteiger partial charge in [0.15, 0.2) is 0 Å². The fraction of sp³-hybridized carbons (Fsp3) is 0.143. The average Bonchev–Trinajstić information content (AvgIpc) is 2.40. The highest BCUT2D eigenvalue weighted by Crippen LogP contribution is 2.19. The molecule has 0 saturated carbocycles. The van der Waals surface area contributed by atoms with Crippen LogP contribution < -0.4 is 5.73 Å². The Morgan fingerprint density at radius 1 is 1.33 bits per heavy atom. The van der Waals surface area contributed by atoms with Crippen molar-refractivity contribution in [1.82, 2.24) is 4.98 Å². The number of nitrogen functional groups attached to an aromatic ring is 1. The second-order valence-corrected chi connectivity index (χ2v) is 3.78. The summed E-state index contributed by atoms with van der Waals surface area (Å²) in [7, 11) is 0. The van der Waals surface area contributed by atoms with Gasteiger partial charge in [-0.25, -0.2) is 4.79 Å². The molecule has 0 aliphatic heterocycles. The largest absolute Gasteiger partial charge is 0.462 e. The molecular formula is C14H14N2O2. The van der Waals surface area contributed by atoms with E-state index in [4.69, 9.17) is 10.5 Å². The van der Waals surface area contributed by atoms with Gasteiger partial charge in [0.1, 0.15) is 0 Å². The molecule has 0 aliphatic rings. The van der Waals surface area contributed by atoms with E-state index in [-0.39, 0.29) is 5.97 Å². The first-order valence-corrected chi connectivity index (χ1v) is 5.70. The number of benzene rings is 1. The Kier molecular flexibility index (Phi) is 3.57. The minimum Gasteiger partial charge on any atom is -0.462 e. The lowest BCUT2D eigenvalue weighted by molar-refractivity contribution is 0.0526. The molecule has 1 aromatic carbocycles. The third-order valence-electron chi connectivity index (χ3n) is 2.46. The number of aromatic nitrogens is 1. The van der Waals surface area contributed by atoms with Crippen molar-refractivity contribution >= 4 is 11.7 Å². The Morgan fingerprint density at radius 3 is 2.83 bits per heavy atom. The number of hydrogen-bond donors (Lipinski definition) is 1. The Hall–Kier alpha value is -2.36. The van der Waals surface area contributed by atoms with Gasteiger partial charge in [-0.15, -0.1) is 0 Å². The van der Waals surface area contributed by atoms with Gasteiger partial charge >= 0.3 is 5.97 Å². The van der Waals surface area contributed by atoms with Crippen molar-refractivity contribution in [3.8, 4) is 11.3 Å². The first-order valence-electron chi connectivity index (χ1n) is 5.70. The first kappa shape index (κ1) is 12.1. The molecule has 4 nitrogen and oxygen atoms in total. The smallest absolute Gasteiger partial charge is 0.338 e. The SMILES string of the molecule is CCOC(=O)c1cccc(-c2ccc(N)cn2)c1. The lowest BCUT2D eigenvalue weighted by Crippen LogP contribution is -2.04. The molecule has 0 bridgehead atoms. The van der Waals surface area contributed by atoms with Crippen molar-refractivity contribution in [2.45, 2.75) is 6.92 Å². The van der Waals surface area contributed by atoms with Gasteiger partial charge in [-0.1, -0.05) is 12.1 Å². The van der Waals surface area contributed by atoms with Crippen molar-refractivity contribution in [3.05, 3.63) is 48.2 Å². The summed E-state index contributed by atoms with van der Waals surface area (Å²) in [5.74, 6) is -0.324. The van der Waals surface area contributed by atoms with E-state index in [2.05, 4.69) is 4.98 Å². The Morgan fingerprint density at radius 2 is 2.17 bits per heavy atom. The van der Waals surface area contributed by atoms with Gasteiger partial charge in [0.05, 0.1) is 29.7 Å². The van der Waals surface area contributed by atoms with Crippen molar-refractivity contribution in [2.24, 2.45) is 0 Å². The number of hydrogen-bond acceptors (Lipinski definition) is 4. The average molecular weight is 242 g/mol. The minimum absolute atomic E-state index is 0.324. The fourth-order valence-corrected chi connectivity index (χ4v) is 1.60. The van der Waals surface area contributed by atoms with Gasteiger partial charge in [-0.3, -0.25) is 4.98 Å². The number of carbonyl (C=O) groups excluding carboxylic acids is 1. The lowest BCUT2D eigenvalue weighted by Gasteiger charge is -2.05. The molecule has 0 unspecified atom stereocenters. The van der Waals surface area contributed by atoms with Crippen LogP contribution in [0.25, 0.3) is 11.3 Å². The van der Waals surface area contributed by atoms with Gasteiger partial charge < -0.3 is 10.5 Å². The molecule has 2 rings (SSSR count). The van der Waals surface area contributed by atoms with E-state index in [1.54, 1.807) is 37.4 Å². The van der Waals surface area contributed by atoms with E-state index in [0.29, 0.717) is 17.9 Å². The maximum absolute atomic E-state index is 11.6.